The number of amides is 1. The highest BCUT2D eigenvalue weighted by Gasteiger charge is 2.48. The molecule has 1 aromatic carbocycles. The summed E-state index contributed by atoms with van der Waals surface area (Å²) in [7, 11) is 1.61. The summed E-state index contributed by atoms with van der Waals surface area (Å²) >= 11 is 0. The van der Waals surface area contributed by atoms with Crippen molar-refractivity contribution in [1.29, 1.82) is 0 Å². The molecule has 2 aliphatic rings. The highest BCUT2D eigenvalue weighted by Crippen LogP contribution is 2.41. The first-order valence-corrected chi connectivity index (χ1v) is 10.4. The summed E-state index contributed by atoms with van der Waals surface area (Å²) in [5, 5.41) is 6.86. The van der Waals surface area contributed by atoms with Gasteiger partial charge in [0.2, 0.25) is 11.9 Å². The molecule has 31 heavy (non-hydrogen) atoms. The zero-order chi connectivity index (χ0) is 22.2. The van der Waals surface area contributed by atoms with E-state index in [9.17, 15) is 18.0 Å². The Bertz CT molecular complexity index is 937. The Morgan fingerprint density at radius 1 is 1.29 bits per heavy atom. The molecule has 0 unspecified atom stereocenters. The predicted molar refractivity (Wildman–Crippen MR) is 108 cm³/mol. The van der Waals surface area contributed by atoms with Gasteiger partial charge in [-0.1, -0.05) is 12.1 Å². The quantitative estimate of drug-likeness (QED) is 0.794. The molecule has 1 amide bonds. The summed E-state index contributed by atoms with van der Waals surface area (Å²) in [6.45, 7) is 3.02. The van der Waals surface area contributed by atoms with Crippen LogP contribution in [0.1, 0.15) is 36.4 Å². The van der Waals surface area contributed by atoms with Gasteiger partial charge in [-0.2, -0.15) is 23.3 Å². The number of rotatable bonds is 4. The van der Waals surface area contributed by atoms with Crippen LogP contribution in [-0.4, -0.2) is 58.0 Å². The van der Waals surface area contributed by atoms with Crippen LogP contribution >= 0.6 is 0 Å². The summed E-state index contributed by atoms with van der Waals surface area (Å²) in [6, 6.07) is 3.67. The van der Waals surface area contributed by atoms with Crippen LogP contribution in [0.25, 0.3) is 0 Å². The number of methoxy groups -OCH3 is 1. The Morgan fingerprint density at radius 3 is 2.68 bits per heavy atom. The Morgan fingerprint density at radius 2 is 2.03 bits per heavy atom. The minimum Gasteiger partial charge on any atom is -0.496 e. The van der Waals surface area contributed by atoms with Gasteiger partial charge in [0.1, 0.15) is 12.1 Å². The van der Waals surface area contributed by atoms with E-state index in [2.05, 4.69) is 15.4 Å². The van der Waals surface area contributed by atoms with Gasteiger partial charge in [0.25, 0.3) is 0 Å². The molecule has 7 nitrogen and oxygen atoms in total. The van der Waals surface area contributed by atoms with E-state index in [1.54, 1.807) is 7.11 Å². The van der Waals surface area contributed by atoms with Crippen LogP contribution in [0.3, 0.4) is 0 Å². The van der Waals surface area contributed by atoms with Crippen molar-refractivity contribution >= 4 is 11.9 Å². The van der Waals surface area contributed by atoms with Crippen molar-refractivity contribution in [3.05, 3.63) is 35.7 Å². The van der Waals surface area contributed by atoms with Gasteiger partial charge in [-0.15, -0.1) is 0 Å². The van der Waals surface area contributed by atoms with Crippen molar-refractivity contribution in [3.8, 4) is 5.75 Å². The number of hydrogen-bond acceptors (Lipinski definition) is 5. The largest absolute Gasteiger partial charge is 0.496 e. The monoisotopic (exact) mass is 437 g/mol. The number of benzene rings is 1. The molecule has 0 radical (unpaired) electrons. The number of alkyl halides is 3. The Balaban J connectivity index is 1.35. The van der Waals surface area contributed by atoms with Gasteiger partial charge >= 0.3 is 6.18 Å². The molecule has 1 N–H and O–H groups in total. The number of hydrogen-bond donors (Lipinski definition) is 1. The minimum absolute atomic E-state index is 0.0348. The molecule has 0 spiro atoms. The fourth-order valence-corrected chi connectivity index (χ4v) is 4.62. The van der Waals surface area contributed by atoms with Crippen LogP contribution in [0.15, 0.2) is 24.5 Å². The lowest BCUT2D eigenvalue weighted by atomic mass is 9.85. The van der Waals surface area contributed by atoms with E-state index in [1.807, 2.05) is 30.0 Å². The second-order valence-electron chi connectivity index (χ2n) is 8.27. The lowest BCUT2D eigenvalue weighted by Crippen LogP contribution is -2.47. The molecule has 1 aromatic heterocycles. The number of fused-ring (bicyclic) bond motifs is 1. The summed E-state index contributed by atoms with van der Waals surface area (Å²) in [4.78, 5) is 18.5. The number of ether oxygens (including phenoxy) is 1. The predicted octanol–water partition coefficient (Wildman–Crippen LogP) is 3.36. The summed E-state index contributed by atoms with van der Waals surface area (Å²) in [5.41, 5.74) is 1.90. The lowest BCUT2D eigenvalue weighted by Gasteiger charge is -2.40. The van der Waals surface area contributed by atoms with Gasteiger partial charge in [0.15, 0.2) is 6.04 Å². The van der Waals surface area contributed by atoms with Crippen LogP contribution in [0, 0.1) is 12.8 Å². The van der Waals surface area contributed by atoms with E-state index >= 15 is 0 Å². The number of carbonyl (C=O) groups is 1. The number of piperidine rings is 1. The number of halogens is 3. The van der Waals surface area contributed by atoms with E-state index in [0.717, 1.165) is 27.9 Å². The summed E-state index contributed by atoms with van der Waals surface area (Å²) < 4.78 is 46.7. The fraction of sp³-hybridized carbons (Fsp3) is 0.571. The van der Waals surface area contributed by atoms with Crippen molar-refractivity contribution in [2.75, 3.05) is 25.5 Å². The molecule has 0 saturated carbocycles. The molecule has 3 heterocycles. The van der Waals surface area contributed by atoms with Crippen molar-refractivity contribution in [3.63, 3.8) is 0 Å². The number of likely N-dealkylation sites (tertiary alicyclic amines) is 1. The number of anilines is 1. The van der Waals surface area contributed by atoms with Crippen LogP contribution in [-0.2, 0) is 11.2 Å². The average Bonchev–Trinajstić information content (AvgIpc) is 3.21. The third-order valence-electron chi connectivity index (χ3n) is 6.31. The second-order valence-corrected chi connectivity index (χ2v) is 8.27. The van der Waals surface area contributed by atoms with E-state index < -0.39 is 12.2 Å². The van der Waals surface area contributed by atoms with E-state index in [1.165, 1.54) is 0 Å². The summed E-state index contributed by atoms with van der Waals surface area (Å²) in [5.74, 6) is 1.02. The second kappa shape index (κ2) is 8.39. The van der Waals surface area contributed by atoms with E-state index in [4.69, 9.17) is 4.74 Å². The first-order valence-electron chi connectivity index (χ1n) is 10.4. The number of carbonyl (C=O) groups excluding carboxylic acids is 1. The number of aromatic nitrogens is 3. The molecule has 4 rings (SSSR count). The molecule has 2 aliphatic heterocycles. The third kappa shape index (κ3) is 4.47. The van der Waals surface area contributed by atoms with Crippen LogP contribution in [0.2, 0.25) is 0 Å². The highest BCUT2D eigenvalue weighted by molar-refractivity contribution is 5.79. The van der Waals surface area contributed by atoms with E-state index in [-0.39, 0.29) is 30.2 Å². The SMILES string of the molecule is COc1ccc(CC(=O)N2CCC([C@@H]3C[C@H](C(F)(F)F)n4ncnc4N3)CC2)cc1C. The zero-order valence-corrected chi connectivity index (χ0v) is 17.5. The molecular weight excluding hydrogens is 411 g/mol. The molecule has 10 heteroatoms. The van der Waals surface area contributed by atoms with Gasteiger partial charge in [0.05, 0.1) is 13.5 Å². The van der Waals surface area contributed by atoms with Gasteiger partial charge in [-0.25, -0.2) is 4.68 Å². The van der Waals surface area contributed by atoms with Gasteiger partial charge in [0, 0.05) is 19.1 Å². The maximum absolute atomic E-state index is 13.5. The van der Waals surface area contributed by atoms with Crippen molar-refractivity contribution in [2.24, 2.45) is 5.92 Å². The molecule has 2 atom stereocenters. The standard InChI is InChI=1S/C21H26F3N5O2/c1-13-9-14(3-4-17(13)31-2)10-19(30)28-7-5-15(6-8-28)16-11-18(21(22,23)24)29-20(27-16)25-12-26-29/h3-4,9,12,15-16,18H,5-8,10-11H2,1-2H3,(H,25,26,27)/t16-,18+/m0/s1. The molecule has 168 valence electrons. The molecule has 2 aromatic rings. The van der Waals surface area contributed by atoms with Gasteiger partial charge in [-0.3, -0.25) is 4.79 Å². The Labute approximate surface area is 178 Å². The Hall–Kier alpha value is -2.78. The average molecular weight is 437 g/mol. The minimum atomic E-state index is -4.38. The molecule has 0 bridgehead atoms. The van der Waals surface area contributed by atoms with Crippen molar-refractivity contribution in [1.82, 2.24) is 19.7 Å². The van der Waals surface area contributed by atoms with Gasteiger partial charge < -0.3 is 15.0 Å². The van der Waals surface area contributed by atoms with Crippen LogP contribution in [0.5, 0.6) is 5.75 Å². The van der Waals surface area contributed by atoms with Crippen LogP contribution in [0.4, 0.5) is 19.1 Å². The lowest BCUT2D eigenvalue weighted by molar-refractivity contribution is -0.174. The molecule has 0 aliphatic carbocycles. The zero-order valence-electron chi connectivity index (χ0n) is 17.5. The normalized spacial score (nSPS) is 22.0. The third-order valence-corrected chi connectivity index (χ3v) is 6.31. The van der Waals surface area contributed by atoms with Crippen molar-refractivity contribution in [2.45, 2.75) is 50.9 Å². The molecule has 1 saturated heterocycles. The highest BCUT2D eigenvalue weighted by atomic mass is 19.4. The number of nitrogens with zero attached hydrogens (tertiary/aromatic N) is 4. The molecule has 1 fully saturated rings. The van der Waals surface area contributed by atoms with E-state index in [0.29, 0.717) is 32.4 Å². The smallest absolute Gasteiger partial charge is 0.411 e. The maximum Gasteiger partial charge on any atom is 0.411 e. The first kappa shape index (κ1) is 21.5. The number of nitrogens with one attached hydrogen (secondary N) is 1. The topological polar surface area (TPSA) is 72.3 Å². The van der Waals surface area contributed by atoms with Crippen LogP contribution < -0.4 is 10.1 Å². The number of aryl methyl sites for hydroxylation is 1. The fourth-order valence-electron chi connectivity index (χ4n) is 4.62. The van der Waals surface area contributed by atoms with Crippen molar-refractivity contribution < 1.29 is 22.7 Å². The molecular formula is C21H26F3N5O2. The maximum atomic E-state index is 13.5. The van der Waals surface area contributed by atoms with Gasteiger partial charge in [-0.05, 0) is 49.3 Å². The summed E-state index contributed by atoms with van der Waals surface area (Å²) in [6.07, 6.45) is -1.70. The Kier molecular flexibility index (Phi) is 5.81. The first-order chi connectivity index (χ1) is 14.8.